The Bertz CT molecular complexity index is 478. The number of aryl methyl sites for hydroxylation is 1. The molecule has 4 nitrogen and oxygen atoms in total. The van der Waals surface area contributed by atoms with Crippen molar-refractivity contribution >= 4 is 27.5 Å². The van der Waals surface area contributed by atoms with Crippen LogP contribution in [-0.4, -0.2) is 43.5 Å². The lowest BCUT2D eigenvalue weighted by Gasteiger charge is -2.40. The number of anilines is 1. The third kappa shape index (κ3) is 3.09. The molecule has 1 aliphatic rings. The van der Waals surface area contributed by atoms with Gasteiger partial charge in [0.05, 0.1) is 12.6 Å². The number of carbonyl (C=O) groups excluding carboxylic acids is 1. The first kappa shape index (κ1) is 14.3. The lowest BCUT2D eigenvalue weighted by atomic mass is 10.1. The van der Waals surface area contributed by atoms with E-state index in [1.54, 1.807) is 0 Å². The summed E-state index contributed by atoms with van der Waals surface area (Å²) in [6, 6.07) is 6.41. The summed E-state index contributed by atoms with van der Waals surface area (Å²) < 4.78 is 1.08. The highest BCUT2D eigenvalue weighted by atomic mass is 79.9. The molecule has 1 aromatic rings. The number of rotatable bonds is 3. The largest absolute Gasteiger partial charge is 0.360 e. The highest BCUT2D eigenvalue weighted by molar-refractivity contribution is 9.10. The molecule has 0 aromatic heterocycles. The smallest absolute Gasteiger partial charge is 0.242 e. The molecule has 0 radical (unpaired) electrons. The molecule has 0 aliphatic carbocycles. The van der Waals surface area contributed by atoms with Gasteiger partial charge in [-0.2, -0.15) is 0 Å². The van der Waals surface area contributed by atoms with Crippen LogP contribution >= 0.6 is 15.9 Å². The van der Waals surface area contributed by atoms with Gasteiger partial charge in [0.25, 0.3) is 0 Å². The predicted octanol–water partition coefficient (Wildman–Crippen LogP) is 1.75. The fourth-order valence-corrected chi connectivity index (χ4v) is 2.74. The summed E-state index contributed by atoms with van der Waals surface area (Å²) in [6.07, 6.45) is 0.839. The highest BCUT2D eigenvalue weighted by Crippen LogP contribution is 2.26. The zero-order valence-electron chi connectivity index (χ0n) is 11.4. The summed E-state index contributed by atoms with van der Waals surface area (Å²) in [7, 11) is 1.87. The second kappa shape index (κ2) is 5.92. The molecule has 104 valence electrons. The maximum atomic E-state index is 12.0. The van der Waals surface area contributed by atoms with Crippen molar-refractivity contribution in [2.45, 2.75) is 19.4 Å². The third-order valence-corrected chi connectivity index (χ3v) is 4.57. The average molecular weight is 326 g/mol. The Morgan fingerprint density at radius 1 is 1.47 bits per heavy atom. The lowest BCUT2D eigenvalue weighted by Crippen LogP contribution is -2.55. The van der Waals surface area contributed by atoms with Crippen molar-refractivity contribution in [3.8, 4) is 0 Å². The van der Waals surface area contributed by atoms with Gasteiger partial charge < -0.3 is 15.5 Å². The number of amides is 1. The molecule has 5 heteroatoms. The SMILES string of the molecule is Cc1ccc(N2CC(=O)N(C)C(CCN)C2)cc1Br. The number of hydrogen-bond donors (Lipinski definition) is 1. The van der Waals surface area contributed by atoms with Gasteiger partial charge in [0.15, 0.2) is 0 Å². The molecule has 2 N–H and O–H groups in total. The minimum atomic E-state index is 0.154. The van der Waals surface area contributed by atoms with Crippen molar-refractivity contribution in [2.75, 3.05) is 31.6 Å². The number of carbonyl (C=O) groups is 1. The predicted molar refractivity (Wildman–Crippen MR) is 81.3 cm³/mol. The number of halogens is 1. The zero-order chi connectivity index (χ0) is 14.0. The Morgan fingerprint density at radius 3 is 2.84 bits per heavy atom. The van der Waals surface area contributed by atoms with E-state index in [0.717, 1.165) is 23.1 Å². The normalized spacial score (nSPS) is 20.0. The first-order valence-corrected chi connectivity index (χ1v) is 7.29. The lowest BCUT2D eigenvalue weighted by molar-refractivity contribution is -0.132. The van der Waals surface area contributed by atoms with Gasteiger partial charge in [0.2, 0.25) is 5.91 Å². The van der Waals surface area contributed by atoms with Gasteiger partial charge in [-0.1, -0.05) is 22.0 Å². The third-order valence-electron chi connectivity index (χ3n) is 3.72. The molecule has 0 spiro atoms. The summed E-state index contributed by atoms with van der Waals surface area (Å²) in [5, 5.41) is 0. The average Bonchev–Trinajstić information content (AvgIpc) is 2.38. The van der Waals surface area contributed by atoms with Crippen LogP contribution in [0.15, 0.2) is 22.7 Å². The number of piperazine rings is 1. The minimum Gasteiger partial charge on any atom is -0.360 e. The minimum absolute atomic E-state index is 0.154. The molecule has 2 rings (SSSR count). The van der Waals surface area contributed by atoms with Crippen LogP contribution in [0.1, 0.15) is 12.0 Å². The molecule has 1 aliphatic heterocycles. The van der Waals surface area contributed by atoms with Gasteiger partial charge in [0.1, 0.15) is 0 Å². The molecular weight excluding hydrogens is 306 g/mol. The van der Waals surface area contributed by atoms with E-state index in [2.05, 4.69) is 46.0 Å². The summed E-state index contributed by atoms with van der Waals surface area (Å²) in [5.41, 5.74) is 7.91. The molecule has 0 bridgehead atoms. The first-order chi connectivity index (χ1) is 9.02. The van der Waals surface area contributed by atoms with Crippen molar-refractivity contribution in [3.05, 3.63) is 28.2 Å². The quantitative estimate of drug-likeness (QED) is 0.921. The Kier molecular flexibility index (Phi) is 4.47. The van der Waals surface area contributed by atoms with Crippen LogP contribution in [0.2, 0.25) is 0 Å². The van der Waals surface area contributed by atoms with Crippen LogP contribution in [-0.2, 0) is 4.79 Å². The molecule has 1 heterocycles. The van der Waals surface area contributed by atoms with Crippen LogP contribution in [0.3, 0.4) is 0 Å². The van der Waals surface area contributed by atoms with E-state index in [4.69, 9.17) is 5.73 Å². The van der Waals surface area contributed by atoms with Crippen LogP contribution in [0.5, 0.6) is 0 Å². The van der Waals surface area contributed by atoms with Gasteiger partial charge in [-0.05, 0) is 37.6 Å². The number of hydrogen-bond acceptors (Lipinski definition) is 3. The Labute approximate surface area is 122 Å². The zero-order valence-corrected chi connectivity index (χ0v) is 13.0. The van der Waals surface area contributed by atoms with Crippen molar-refractivity contribution in [2.24, 2.45) is 5.73 Å². The van der Waals surface area contributed by atoms with Gasteiger partial charge >= 0.3 is 0 Å². The van der Waals surface area contributed by atoms with E-state index in [1.807, 2.05) is 11.9 Å². The van der Waals surface area contributed by atoms with Crippen LogP contribution in [0.25, 0.3) is 0 Å². The van der Waals surface area contributed by atoms with Crippen molar-refractivity contribution in [3.63, 3.8) is 0 Å². The second-order valence-corrected chi connectivity index (χ2v) is 5.90. The first-order valence-electron chi connectivity index (χ1n) is 6.49. The molecule has 0 saturated carbocycles. The van der Waals surface area contributed by atoms with Gasteiger partial charge in [0, 0.05) is 23.8 Å². The van der Waals surface area contributed by atoms with Crippen molar-refractivity contribution in [1.29, 1.82) is 0 Å². The maximum absolute atomic E-state index is 12.0. The van der Waals surface area contributed by atoms with E-state index in [1.165, 1.54) is 5.56 Å². The summed E-state index contributed by atoms with van der Waals surface area (Å²) in [6.45, 7) is 3.94. The summed E-state index contributed by atoms with van der Waals surface area (Å²) >= 11 is 3.54. The Balaban J connectivity index is 2.20. The van der Waals surface area contributed by atoms with Crippen molar-refractivity contribution in [1.82, 2.24) is 4.90 Å². The topological polar surface area (TPSA) is 49.6 Å². The van der Waals surface area contributed by atoms with E-state index >= 15 is 0 Å². The standard InChI is InChI=1S/C14H20BrN3O/c1-10-3-4-11(7-13(10)15)18-8-12(5-6-16)17(2)14(19)9-18/h3-4,7,12H,5-6,8-9,16H2,1-2H3. The Hall–Kier alpha value is -1.07. The fraction of sp³-hybridized carbons (Fsp3) is 0.500. The molecule has 1 atom stereocenters. The van der Waals surface area contributed by atoms with Crippen LogP contribution in [0, 0.1) is 6.92 Å². The van der Waals surface area contributed by atoms with E-state index < -0.39 is 0 Å². The monoisotopic (exact) mass is 325 g/mol. The van der Waals surface area contributed by atoms with Gasteiger partial charge in [-0.3, -0.25) is 4.79 Å². The molecule has 1 aromatic carbocycles. The molecule has 1 fully saturated rings. The molecule has 1 amide bonds. The number of benzene rings is 1. The number of nitrogens with zero attached hydrogens (tertiary/aromatic N) is 2. The van der Waals surface area contributed by atoms with Crippen LogP contribution < -0.4 is 10.6 Å². The second-order valence-electron chi connectivity index (χ2n) is 5.05. The number of likely N-dealkylation sites (N-methyl/N-ethyl adjacent to an activating group) is 1. The van der Waals surface area contributed by atoms with E-state index in [-0.39, 0.29) is 11.9 Å². The molecule has 1 unspecified atom stereocenters. The van der Waals surface area contributed by atoms with Crippen LogP contribution in [0.4, 0.5) is 5.69 Å². The van der Waals surface area contributed by atoms with Gasteiger partial charge in [-0.25, -0.2) is 0 Å². The molecule has 19 heavy (non-hydrogen) atoms. The van der Waals surface area contributed by atoms with E-state index in [0.29, 0.717) is 13.1 Å². The Morgan fingerprint density at radius 2 is 2.21 bits per heavy atom. The fourth-order valence-electron chi connectivity index (χ4n) is 2.37. The molecular formula is C14H20BrN3O. The van der Waals surface area contributed by atoms with E-state index in [9.17, 15) is 4.79 Å². The summed E-state index contributed by atoms with van der Waals surface area (Å²) in [5.74, 6) is 0.154. The maximum Gasteiger partial charge on any atom is 0.242 e. The molecule has 1 saturated heterocycles. The highest BCUT2D eigenvalue weighted by Gasteiger charge is 2.29. The van der Waals surface area contributed by atoms with Crippen molar-refractivity contribution < 1.29 is 4.79 Å². The summed E-state index contributed by atoms with van der Waals surface area (Å²) in [4.78, 5) is 16.0. The number of nitrogens with two attached hydrogens (primary N) is 1. The van der Waals surface area contributed by atoms with Gasteiger partial charge in [-0.15, -0.1) is 0 Å².